The molecule has 0 aliphatic carbocycles. The van der Waals surface area contributed by atoms with Gasteiger partial charge in [0, 0.05) is 6.54 Å². The number of anilines is 1. The highest BCUT2D eigenvalue weighted by molar-refractivity contribution is 6.33. The number of nitrogens with two attached hydrogens (primary N) is 1. The molecule has 2 nitrogen and oxygen atoms in total. The van der Waals surface area contributed by atoms with Gasteiger partial charge in [0.1, 0.15) is 0 Å². The Bertz CT molecular complexity index is 392. The van der Waals surface area contributed by atoms with Crippen LogP contribution in [0.4, 0.5) is 5.69 Å². The number of rotatable bonds is 4. The average molecular weight is 267 g/mol. The second-order valence-corrected chi connectivity index (χ2v) is 5.91. The first-order chi connectivity index (χ1) is 8.65. The van der Waals surface area contributed by atoms with E-state index in [2.05, 4.69) is 17.9 Å². The van der Waals surface area contributed by atoms with Gasteiger partial charge in [-0.15, -0.1) is 0 Å². The molecule has 1 atom stereocenters. The van der Waals surface area contributed by atoms with Crippen molar-refractivity contribution in [3.8, 4) is 0 Å². The molecule has 0 bridgehead atoms. The lowest BCUT2D eigenvalue weighted by Crippen LogP contribution is -2.35. The number of nitrogens with zero attached hydrogens (tertiary/aromatic N) is 1. The van der Waals surface area contributed by atoms with E-state index in [4.69, 9.17) is 17.3 Å². The van der Waals surface area contributed by atoms with Crippen LogP contribution in [-0.2, 0) is 6.42 Å². The van der Waals surface area contributed by atoms with Gasteiger partial charge in [0.15, 0.2) is 0 Å². The van der Waals surface area contributed by atoms with Crippen molar-refractivity contribution in [3.63, 3.8) is 0 Å². The molecule has 1 unspecified atom stereocenters. The minimum Gasteiger partial charge on any atom is -0.398 e. The summed E-state index contributed by atoms with van der Waals surface area (Å²) in [4.78, 5) is 2.59. The fourth-order valence-electron chi connectivity index (χ4n) is 2.75. The Hall–Kier alpha value is -0.730. The summed E-state index contributed by atoms with van der Waals surface area (Å²) in [5, 5.41) is 0.656. The molecule has 1 fully saturated rings. The lowest BCUT2D eigenvalue weighted by atomic mass is 10.00. The van der Waals surface area contributed by atoms with Crippen LogP contribution in [0.5, 0.6) is 0 Å². The van der Waals surface area contributed by atoms with Crippen LogP contribution in [-0.4, -0.2) is 24.5 Å². The molecular formula is C15H23ClN2. The van der Waals surface area contributed by atoms with Gasteiger partial charge in [-0.25, -0.2) is 0 Å². The van der Waals surface area contributed by atoms with Gasteiger partial charge in [-0.1, -0.05) is 24.6 Å². The molecule has 1 aliphatic heterocycles. The summed E-state index contributed by atoms with van der Waals surface area (Å²) in [6, 6.07) is 5.98. The number of hydrogen-bond donors (Lipinski definition) is 1. The van der Waals surface area contributed by atoms with Crippen molar-refractivity contribution in [3.05, 3.63) is 28.8 Å². The summed E-state index contributed by atoms with van der Waals surface area (Å²) in [6.07, 6.45) is 5.04. The van der Waals surface area contributed by atoms with E-state index < -0.39 is 0 Å². The molecule has 18 heavy (non-hydrogen) atoms. The number of hydrogen-bond acceptors (Lipinski definition) is 2. The number of piperidine rings is 1. The Morgan fingerprint density at radius 2 is 2.28 bits per heavy atom. The van der Waals surface area contributed by atoms with Crippen molar-refractivity contribution in [1.82, 2.24) is 4.90 Å². The molecule has 0 saturated carbocycles. The molecule has 1 aliphatic rings. The number of benzene rings is 1. The summed E-state index contributed by atoms with van der Waals surface area (Å²) >= 11 is 5.92. The molecule has 1 saturated heterocycles. The lowest BCUT2D eigenvalue weighted by Gasteiger charge is -2.30. The maximum absolute atomic E-state index is 5.92. The van der Waals surface area contributed by atoms with Gasteiger partial charge in [0.05, 0.1) is 10.7 Å². The summed E-state index contributed by atoms with van der Waals surface area (Å²) < 4.78 is 0. The summed E-state index contributed by atoms with van der Waals surface area (Å²) in [5.41, 5.74) is 7.80. The number of nitrogen functional groups attached to an aromatic ring is 1. The first kappa shape index (κ1) is 13.7. The second kappa shape index (κ2) is 6.44. The van der Waals surface area contributed by atoms with Crippen LogP contribution in [0.3, 0.4) is 0 Å². The molecule has 100 valence electrons. The maximum atomic E-state index is 5.92. The highest BCUT2D eigenvalue weighted by Gasteiger charge is 2.15. The second-order valence-electron chi connectivity index (χ2n) is 5.51. The topological polar surface area (TPSA) is 29.3 Å². The highest BCUT2D eigenvalue weighted by Crippen LogP contribution is 2.21. The lowest BCUT2D eigenvalue weighted by molar-refractivity contribution is 0.182. The molecule has 1 aromatic carbocycles. The van der Waals surface area contributed by atoms with Crippen LogP contribution in [0.15, 0.2) is 18.2 Å². The quantitative estimate of drug-likeness (QED) is 0.844. The Labute approximate surface area is 115 Å². The zero-order valence-electron chi connectivity index (χ0n) is 11.2. The molecule has 0 amide bonds. The average Bonchev–Trinajstić information content (AvgIpc) is 2.34. The summed E-state index contributed by atoms with van der Waals surface area (Å²) in [5.74, 6) is 0.866. The van der Waals surface area contributed by atoms with E-state index in [-0.39, 0.29) is 0 Å². The molecule has 3 heteroatoms. The van der Waals surface area contributed by atoms with Crippen molar-refractivity contribution in [2.24, 2.45) is 5.92 Å². The normalized spacial score (nSPS) is 21.1. The summed E-state index contributed by atoms with van der Waals surface area (Å²) in [6.45, 7) is 6.09. The predicted molar refractivity (Wildman–Crippen MR) is 79.0 cm³/mol. The van der Waals surface area contributed by atoms with Crippen molar-refractivity contribution < 1.29 is 0 Å². The van der Waals surface area contributed by atoms with E-state index in [9.17, 15) is 0 Å². The van der Waals surface area contributed by atoms with Crippen molar-refractivity contribution in [1.29, 1.82) is 0 Å². The van der Waals surface area contributed by atoms with E-state index in [0.29, 0.717) is 10.7 Å². The van der Waals surface area contributed by atoms with Gasteiger partial charge in [-0.05, 0) is 62.4 Å². The zero-order valence-corrected chi connectivity index (χ0v) is 11.9. The first-order valence-electron chi connectivity index (χ1n) is 6.91. The van der Waals surface area contributed by atoms with Crippen molar-refractivity contribution in [2.45, 2.75) is 32.6 Å². The molecule has 2 rings (SSSR count). The molecule has 1 heterocycles. The van der Waals surface area contributed by atoms with E-state index in [1.807, 2.05) is 12.1 Å². The third-order valence-electron chi connectivity index (χ3n) is 3.74. The smallest absolute Gasteiger partial charge is 0.0635 e. The van der Waals surface area contributed by atoms with Gasteiger partial charge < -0.3 is 10.6 Å². The van der Waals surface area contributed by atoms with E-state index in [0.717, 1.165) is 12.3 Å². The van der Waals surface area contributed by atoms with Gasteiger partial charge in [0.2, 0.25) is 0 Å². The van der Waals surface area contributed by atoms with Crippen LogP contribution in [0, 0.1) is 5.92 Å². The largest absolute Gasteiger partial charge is 0.398 e. The fourth-order valence-corrected chi connectivity index (χ4v) is 2.86. The Morgan fingerprint density at radius 3 is 3.00 bits per heavy atom. The minimum absolute atomic E-state index is 0.656. The summed E-state index contributed by atoms with van der Waals surface area (Å²) in [7, 11) is 0. The van der Waals surface area contributed by atoms with E-state index in [1.165, 1.54) is 44.5 Å². The van der Waals surface area contributed by atoms with E-state index >= 15 is 0 Å². The van der Waals surface area contributed by atoms with Gasteiger partial charge in [-0.3, -0.25) is 0 Å². The standard InChI is InChI=1S/C15H23ClN2/c1-12-4-2-8-18(11-12)9-3-5-13-6-7-14(16)15(17)10-13/h6-7,10,12H,2-5,8-9,11,17H2,1H3. The van der Waals surface area contributed by atoms with E-state index in [1.54, 1.807) is 0 Å². The van der Waals surface area contributed by atoms with Crippen LogP contribution in [0.1, 0.15) is 31.7 Å². The van der Waals surface area contributed by atoms with Crippen LogP contribution in [0.25, 0.3) is 0 Å². The van der Waals surface area contributed by atoms with Crippen LogP contribution >= 0.6 is 11.6 Å². The molecular weight excluding hydrogens is 244 g/mol. The minimum atomic E-state index is 0.656. The van der Waals surface area contributed by atoms with Crippen LogP contribution < -0.4 is 5.73 Å². The molecule has 0 radical (unpaired) electrons. The van der Waals surface area contributed by atoms with Crippen LogP contribution in [0.2, 0.25) is 5.02 Å². The number of likely N-dealkylation sites (tertiary alicyclic amines) is 1. The van der Waals surface area contributed by atoms with Gasteiger partial charge >= 0.3 is 0 Å². The SMILES string of the molecule is CC1CCCN(CCCc2ccc(Cl)c(N)c2)C1. The van der Waals surface area contributed by atoms with Crippen molar-refractivity contribution in [2.75, 3.05) is 25.4 Å². The third-order valence-corrected chi connectivity index (χ3v) is 4.09. The molecule has 1 aromatic rings. The fraction of sp³-hybridized carbons (Fsp3) is 0.600. The van der Waals surface area contributed by atoms with Gasteiger partial charge in [-0.2, -0.15) is 0 Å². The Balaban J connectivity index is 1.76. The van der Waals surface area contributed by atoms with Crippen molar-refractivity contribution >= 4 is 17.3 Å². The maximum Gasteiger partial charge on any atom is 0.0635 e. The molecule has 0 spiro atoms. The Morgan fingerprint density at radius 1 is 1.44 bits per heavy atom. The first-order valence-corrected chi connectivity index (χ1v) is 7.29. The monoisotopic (exact) mass is 266 g/mol. The number of halogens is 1. The van der Waals surface area contributed by atoms with Gasteiger partial charge in [0.25, 0.3) is 0 Å². The number of aryl methyl sites for hydroxylation is 1. The highest BCUT2D eigenvalue weighted by atomic mass is 35.5. The third kappa shape index (κ3) is 3.89. The zero-order chi connectivity index (χ0) is 13.0. The predicted octanol–water partition coefficient (Wildman–Crippen LogP) is 3.59. The molecule has 2 N–H and O–H groups in total. The Kier molecular flexibility index (Phi) is 4.90. The molecule has 0 aromatic heterocycles.